The summed E-state index contributed by atoms with van der Waals surface area (Å²) in [4.78, 5) is 11.4. The Hall–Kier alpha value is -0.810. The Kier molecular flexibility index (Phi) is 7.91. The van der Waals surface area contributed by atoms with Gasteiger partial charge in [-0.3, -0.25) is 0 Å². The zero-order valence-electron chi connectivity index (χ0n) is 11.5. The van der Waals surface area contributed by atoms with Crippen molar-refractivity contribution < 1.29 is 19.0 Å². The molecule has 0 heterocycles. The highest BCUT2D eigenvalue weighted by Crippen LogP contribution is 2.21. The highest BCUT2D eigenvalue weighted by atomic mass is 16.6. The van der Waals surface area contributed by atoms with Crippen LogP contribution in [0.1, 0.15) is 27.7 Å². The van der Waals surface area contributed by atoms with Crippen LogP contribution in [0.2, 0.25) is 0 Å². The molecule has 0 bridgehead atoms. The van der Waals surface area contributed by atoms with Crippen LogP contribution in [-0.2, 0) is 14.2 Å². The average Bonchev–Trinajstić information content (AvgIpc) is 2.21. The van der Waals surface area contributed by atoms with Gasteiger partial charge in [-0.1, -0.05) is 20.8 Å². The lowest BCUT2D eigenvalue weighted by molar-refractivity contribution is 0.0396. The maximum absolute atomic E-state index is 11.4. The Morgan fingerprint density at radius 3 is 2.41 bits per heavy atom. The van der Waals surface area contributed by atoms with Crippen molar-refractivity contribution in [3.05, 3.63) is 0 Å². The van der Waals surface area contributed by atoms with Crippen molar-refractivity contribution >= 4 is 6.09 Å². The summed E-state index contributed by atoms with van der Waals surface area (Å²) in [7, 11) is 1.62. The topological polar surface area (TPSA) is 56.8 Å². The molecule has 5 nitrogen and oxygen atoms in total. The first-order chi connectivity index (χ1) is 7.88. The number of hydrogen-bond acceptors (Lipinski definition) is 4. The van der Waals surface area contributed by atoms with Crippen LogP contribution in [0.4, 0.5) is 4.79 Å². The fourth-order valence-corrected chi connectivity index (χ4v) is 0.849. The van der Waals surface area contributed by atoms with Gasteiger partial charge in [0.25, 0.3) is 0 Å². The van der Waals surface area contributed by atoms with Gasteiger partial charge >= 0.3 is 6.09 Å². The van der Waals surface area contributed by atoms with Crippen molar-refractivity contribution in [2.45, 2.75) is 33.8 Å². The van der Waals surface area contributed by atoms with Crippen molar-refractivity contribution in [3.8, 4) is 0 Å². The minimum absolute atomic E-state index is 0.0493. The van der Waals surface area contributed by atoms with Crippen LogP contribution < -0.4 is 5.32 Å². The fourth-order valence-electron chi connectivity index (χ4n) is 0.849. The largest absolute Gasteiger partial charge is 0.446 e. The second-order valence-corrected chi connectivity index (χ2v) is 4.95. The minimum atomic E-state index is -0.400. The van der Waals surface area contributed by atoms with Crippen LogP contribution >= 0.6 is 0 Å². The smallest absolute Gasteiger partial charge is 0.407 e. The molecule has 0 fully saturated rings. The van der Waals surface area contributed by atoms with Crippen molar-refractivity contribution in [1.82, 2.24) is 5.32 Å². The number of nitrogens with one attached hydrogen (secondary N) is 1. The molecule has 0 aromatic rings. The Morgan fingerprint density at radius 2 is 1.88 bits per heavy atom. The fraction of sp³-hybridized carbons (Fsp3) is 0.917. The monoisotopic (exact) mass is 247 g/mol. The summed E-state index contributed by atoms with van der Waals surface area (Å²) in [5.41, 5.74) is -0.0493. The lowest BCUT2D eigenvalue weighted by Gasteiger charge is -2.26. The maximum Gasteiger partial charge on any atom is 0.407 e. The Bertz CT molecular complexity index is 213. The first-order valence-corrected chi connectivity index (χ1v) is 5.89. The molecule has 0 aromatic carbocycles. The van der Waals surface area contributed by atoms with Gasteiger partial charge in [-0.2, -0.15) is 0 Å². The number of methoxy groups -OCH3 is 1. The summed E-state index contributed by atoms with van der Waals surface area (Å²) in [5, 5.41) is 2.64. The highest BCUT2D eigenvalue weighted by Gasteiger charge is 2.23. The van der Waals surface area contributed by atoms with Gasteiger partial charge in [0.15, 0.2) is 0 Å². The van der Waals surface area contributed by atoms with E-state index in [2.05, 4.69) is 5.32 Å². The SMILES string of the molecule is COCCOCCNC(=O)OC(C)C(C)(C)C. The third kappa shape index (κ3) is 8.94. The van der Waals surface area contributed by atoms with Crippen LogP contribution in [-0.4, -0.2) is 45.7 Å². The summed E-state index contributed by atoms with van der Waals surface area (Å²) < 4.78 is 15.2. The number of carbonyl (C=O) groups excluding carboxylic acids is 1. The second kappa shape index (κ2) is 8.31. The molecule has 1 unspecified atom stereocenters. The number of amides is 1. The zero-order valence-corrected chi connectivity index (χ0v) is 11.5. The first kappa shape index (κ1) is 16.2. The van der Waals surface area contributed by atoms with E-state index in [1.54, 1.807) is 7.11 Å². The molecular formula is C12H25NO4. The van der Waals surface area contributed by atoms with Gasteiger partial charge in [-0.15, -0.1) is 0 Å². The Balaban J connectivity index is 3.53. The minimum Gasteiger partial charge on any atom is -0.446 e. The van der Waals surface area contributed by atoms with Gasteiger partial charge in [-0.25, -0.2) is 4.79 Å². The lowest BCUT2D eigenvalue weighted by Crippen LogP contribution is -2.35. The molecule has 0 rings (SSSR count). The number of hydrogen-bond donors (Lipinski definition) is 1. The van der Waals surface area contributed by atoms with E-state index in [-0.39, 0.29) is 11.5 Å². The van der Waals surface area contributed by atoms with E-state index in [4.69, 9.17) is 14.2 Å². The van der Waals surface area contributed by atoms with Gasteiger partial charge in [0.1, 0.15) is 6.10 Å². The molecule has 1 amide bonds. The first-order valence-electron chi connectivity index (χ1n) is 5.89. The maximum atomic E-state index is 11.4. The lowest BCUT2D eigenvalue weighted by atomic mass is 9.90. The number of carbonyl (C=O) groups is 1. The molecule has 0 aliphatic heterocycles. The Labute approximate surface area is 104 Å². The van der Waals surface area contributed by atoms with E-state index < -0.39 is 6.09 Å². The van der Waals surface area contributed by atoms with Crippen molar-refractivity contribution in [2.24, 2.45) is 5.41 Å². The normalized spacial score (nSPS) is 13.2. The van der Waals surface area contributed by atoms with Gasteiger partial charge in [0, 0.05) is 13.7 Å². The van der Waals surface area contributed by atoms with E-state index in [1.165, 1.54) is 0 Å². The predicted octanol–water partition coefficient (Wildman–Crippen LogP) is 1.81. The van der Waals surface area contributed by atoms with Crippen LogP contribution in [0.3, 0.4) is 0 Å². The zero-order chi connectivity index (χ0) is 13.3. The number of ether oxygens (including phenoxy) is 3. The van der Waals surface area contributed by atoms with Gasteiger partial charge in [0.05, 0.1) is 19.8 Å². The molecule has 0 aliphatic rings. The van der Waals surface area contributed by atoms with Crippen LogP contribution in [0.5, 0.6) is 0 Å². The summed E-state index contributed by atoms with van der Waals surface area (Å²) >= 11 is 0. The van der Waals surface area contributed by atoms with E-state index in [9.17, 15) is 4.79 Å². The van der Waals surface area contributed by atoms with E-state index in [1.807, 2.05) is 27.7 Å². The molecule has 0 saturated carbocycles. The van der Waals surface area contributed by atoms with Crippen LogP contribution in [0.25, 0.3) is 0 Å². The summed E-state index contributed by atoms with van der Waals surface area (Å²) in [6, 6.07) is 0. The number of rotatable bonds is 7. The standard InChI is InChI=1S/C12H25NO4/c1-10(12(2,3)4)17-11(14)13-6-7-16-9-8-15-5/h10H,6-9H2,1-5H3,(H,13,14). The summed E-state index contributed by atoms with van der Waals surface area (Å²) in [6.07, 6.45) is -0.528. The van der Waals surface area contributed by atoms with E-state index >= 15 is 0 Å². The third-order valence-electron chi connectivity index (χ3n) is 2.45. The molecule has 0 aliphatic carbocycles. The van der Waals surface area contributed by atoms with Crippen molar-refractivity contribution in [1.29, 1.82) is 0 Å². The average molecular weight is 247 g/mol. The van der Waals surface area contributed by atoms with E-state index in [0.717, 1.165) is 0 Å². The van der Waals surface area contributed by atoms with Crippen LogP contribution in [0.15, 0.2) is 0 Å². The molecule has 0 aromatic heterocycles. The molecule has 0 spiro atoms. The summed E-state index contributed by atoms with van der Waals surface area (Å²) in [5.74, 6) is 0. The molecule has 1 atom stereocenters. The third-order valence-corrected chi connectivity index (χ3v) is 2.45. The van der Waals surface area contributed by atoms with E-state index in [0.29, 0.717) is 26.4 Å². The van der Waals surface area contributed by atoms with Crippen molar-refractivity contribution in [2.75, 3.05) is 33.5 Å². The molecule has 5 heteroatoms. The second-order valence-electron chi connectivity index (χ2n) is 4.95. The van der Waals surface area contributed by atoms with Crippen molar-refractivity contribution in [3.63, 3.8) is 0 Å². The Morgan fingerprint density at radius 1 is 1.24 bits per heavy atom. The molecule has 102 valence electrons. The molecule has 1 N–H and O–H groups in total. The molecular weight excluding hydrogens is 222 g/mol. The molecule has 17 heavy (non-hydrogen) atoms. The van der Waals surface area contributed by atoms with Crippen LogP contribution in [0, 0.1) is 5.41 Å². The molecule has 0 radical (unpaired) electrons. The quantitative estimate of drug-likeness (QED) is 0.697. The highest BCUT2D eigenvalue weighted by molar-refractivity contribution is 5.67. The molecule has 0 saturated heterocycles. The van der Waals surface area contributed by atoms with Gasteiger partial charge in [0.2, 0.25) is 0 Å². The predicted molar refractivity (Wildman–Crippen MR) is 66.1 cm³/mol. The summed E-state index contributed by atoms with van der Waals surface area (Å²) in [6.45, 7) is 9.96. The van der Waals surface area contributed by atoms with Gasteiger partial charge in [-0.05, 0) is 12.3 Å². The number of alkyl carbamates (subject to hydrolysis) is 1. The van der Waals surface area contributed by atoms with Gasteiger partial charge < -0.3 is 19.5 Å².